The van der Waals surface area contributed by atoms with Crippen molar-refractivity contribution in [3.8, 4) is 0 Å². The minimum absolute atomic E-state index is 0.285. The number of allylic oxidation sites excluding steroid dienone is 2. The van der Waals surface area contributed by atoms with Crippen LogP contribution in [0.2, 0.25) is 0 Å². The number of amides is 1. The van der Waals surface area contributed by atoms with Gasteiger partial charge in [-0.25, -0.2) is 0 Å². The van der Waals surface area contributed by atoms with Gasteiger partial charge in [-0.05, 0) is 38.5 Å². The molecule has 0 aliphatic rings. The van der Waals surface area contributed by atoms with Crippen molar-refractivity contribution < 1.29 is 28.0 Å². The number of unbranched alkanes of at least 4 members (excludes halogenated alkanes) is 21. The largest absolute Gasteiger partial charge is 0.391 e. The molecule has 0 saturated carbocycles. The Labute approximate surface area is 265 Å². The van der Waals surface area contributed by atoms with Crippen LogP contribution in [0.5, 0.6) is 0 Å². The van der Waals surface area contributed by atoms with E-state index in [0.29, 0.717) is 19.3 Å². The van der Waals surface area contributed by atoms with Crippen molar-refractivity contribution in [1.29, 1.82) is 0 Å². The lowest BCUT2D eigenvalue weighted by Gasteiger charge is -2.24. The van der Waals surface area contributed by atoms with E-state index in [0.717, 1.165) is 51.4 Å². The van der Waals surface area contributed by atoms with Crippen molar-refractivity contribution in [2.24, 2.45) is 0 Å². The average molecular weight is 632 g/mol. The summed E-state index contributed by atoms with van der Waals surface area (Å²) in [6.07, 6.45) is 30.9. The first kappa shape index (κ1) is 42.0. The summed E-state index contributed by atoms with van der Waals surface area (Å²) in [5.74, 6) is -1.46. The molecule has 3 atom stereocenters. The summed E-state index contributed by atoms with van der Waals surface area (Å²) in [5.41, 5.74) is 0. The standard InChI is InChI=1S/C35H69NO6S/c1-3-5-7-9-11-13-15-16-17-18-20-22-24-26-28-30-34(38)35(39)36-32(31-43(40,41)42)33(37)29-27-25-23-21-19-14-12-10-8-6-4-2/h17-18,32-34,37-38H,3-16,19-31H2,1-2H3,(H,36,39)(H,40,41,42)/b18-17-. The molecule has 0 spiro atoms. The Morgan fingerprint density at radius 1 is 0.605 bits per heavy atom. The Morgan fingerprint density at radius 2 is 0.977 bits per heavy atom. The second-order valence-electron chi connectivity index (χ2n) is 12.6. The molecule has 0 rings (SSSR count). The van der Waals surface area contributed by atoms with Crippen LogP contribution in [0.1, 0.15) is 181 Å². The molecule has 0 aliphatic carbocycles. The van der Waals surface area contributed by atoms with Gasteiger partial charge in [0, 0.05) is 0 Å². The highest BCUT2D eigenvalue weighted by Gasteiger charge is 2.28. The maximum absolute atomic E-state index is 12.5. The lowest BCUT2D eigenvalue weighted by molar-refractivity contribution is -0.131. The van der Waals surface area contributed by atoms with E-state index in [9.17, 15) is 28.0 Å². The van der Waals surface area contributed by atoms with Gasteiger partial charge < -0.3 is 15.5 Å². The summed E-state index contributed by atoms with van der Waals surface area (Å²) in [7, 11) is -4.40. The first-order valence-corrected chi connectivity index (χ1v) is 19.6. The molecule has 0 aromatic rings. The minimum atomic E-state index is -4.40. The molecule has 0 saturated heterocycles. The third-order valence-corrected chi connectivity index (χ3v) is 9.11. The van der Waals surface area contributed by atoms with Crippen molar-refractivity contribution in [3.05, 3.63) is 12.2 Å². The van der Waals surface area contributed by atoms with Gasteiger partial charge in [0.25, 0.3) is 10.1 Å². The lowest BCUT2D eigenvalue weighted by Crippen LogP contribution is -2.50. The number of aliphatic hydroxyl groups is 2. The van der Waals surface area contributed by atoms with Gasteiger partial charge in [0.05, 0.1) is 17.9 Å². The maximum atomic E-state index is 12.5. The Hall–Kier alpha value is -0.960. The van der Waals surface area contributed by atoms with Gasteiger partial charge in [0.1, 0.15) is 6.10 Å². The molecule has 0 aliphatic heterocycles. The van der Waals surface area contributed by atoms with Crippen LogP contribution in [0.15, 0.2) is 12.2 Å². The van der Waals surface area contributed by atoms with Crippen molar-refractivity contribution in [2.45, 2.75) is 199 Å². The predicted molar refractivity (Wildman–Crippen MR) is 181 cm³/mol. The zero-order valence-corrected chi connectivity index (χ0v) is 28.8. The molecule has 43 heavy (non-hydrogen) atoms. The zero-order valence-electron chi connectivity index (χ0n) is 28.0. The first-order chi connectivity index (χ1) is 20.7. The van der Waals surface area contributed by atoms with E-state index in [2.05, 4.69) is 31.3 Å². The molecule has 1 amide bonds. The molecule has 0 radical (unpaired) electrons. The fraction of sp³-hybridized carbons (Fsp3) is 0.914. The summed E-state index contributed by atoms with van der Waals surface area (Å²) in [5, 5.41) is 23.4. The quantitative estimate of drug-likeness (QED) is 0.0334. The monoisotopic (exact) mass is 631 g/mol. The molecule has 8 heteroatoms. The third kappa shape index (κ3) is 29.5. The molecular weight excluding hydrogens is 562 g/mol. The van der Waals surface area contributed by atoms with E-state index in [4.69, 9.17) is 0 Å². The van der Waals surface area contributed by atoms with Crippen LogP contribution in [-0.4, -0.2) is 53.1 Å². The molecule has 4 N–H and O–H groups in total. The molecule has 0 heterocycles. The van der Waals surface area contributed by atoms with Crippen LogP contribution < -0.4 is 5.32 Å². The minimum Gasteiger partial charge on any atom is -0.391 e. The number of nitrogens with one attached hydrogen (secondary N) is 1. The van der Waals surface area contributed by atoms with Gasteiger partial charge in [0.15, 0.2) is 0 Å². The zero-order chi connectivity index (χ0) is 32.0. The highest BCUT2D eigenvalue weighted by molar-refractivity contribution is 7.85. The van der Waals surface area contributed by atoms with Crippen LogP contribution in [0, 0.1) is 0 Å². The third-order valence-electron chi connectivity index (χ3n) is 8.33. The van der Waals surface area contributed by atoms with Gasteiger partial charge in [-0.2, -0.15) is 8.42 Å². The van der Waals surface area contributed by atoms with Crippen LogP contribution in [0.25, 0.3) is 0 Å². The smallest absolute Gasteiger partial charge is 0.266 e. The second-order valence-corrected chi connectivity index (χ2v) is 14.1. The van der Waals surface area contributed by atoms with Crippen molar-refractivity contribution in [3.63, 3.8) is 0 Å². The van der Waals surface area contributed by atoms with Gasteiger partial charge in [-0.3, -0.25) is 9.35 Å². The van der Waals surface area contributed by atoms with Crippen molar-refractivity contribution >= 4 is 16.0 Å². The number of hydrogen-bond donors (Lipinski definition) is 4. The number of aliphatic hydroxyl groups excluding tert-OH is 2. The average Bonchev–Trinajstić information content (AvgIpc) is 2.96. The molecule has 3 unspecified atom stereocenters. The summed E-state index contributed by atoms with van der Waals surface area (Å²) in [6, 6.07) is -1.15. The molecule has 0 fully saturated rings. The molecule has 0 bridgehead atoms. The number of carbonyl (C=O) groups excluding carboxylic acids is 1. The van der Waals surface area contributed by atoms with Crippen molar-refractivity contribution in [1.82, 2.24) is 5.32 Å². The molecular formula is C35H69NO6S. The van der Waals surface area contributed by atoms with E-state index in [-0.39, 0.29) is 6.42 Å². The van der Waals surface area contributed by atoms with Crippen molar-refractivity contribution in [2.75, 3.05) is 5.75 Å². The number of rotatable bonds is 32. The first-order valence-electron chi connectivity index (χ1n) is 18.0. The lowest BCUT2D eigenvalue weighted by atomic mass is 10.0. The van der Waals surface area contributed by atoms with E-state index in [1.165, 1.54) is 89.9 Å². The fourth-order valence-corrected chi connectivity index (χ4v) is 6.27. The topological polar surface area (TPSA) is 124 Å². The SMILES string of the molecule is CCCCCCCCC/C=C\CCCCCCC(O)C(=O)NC(CS(=O)(=O)O)C(O)CCCCCCCCCCCCC. The predicted octanol–water partition coefficient (Wildman–Crippen LogP) is 8.82. The van der Waals surface area contributed by atoms with E-state index in [1.54, 1.807) is 0 Å². The highest BCUT2D eigenvalue weighted by Crippen LogP contribution is 2.15. The Kier molecular flexibility index (Phi) is 29.1. The summed E-state index contributed by atoms with van der Waals surface area (Å²) in [4.78, 5) is 12.5. The number of hydrogen-bond acceptors (Lipinski definition) is 5. The Bertz CT molecular complexity index is 757. The van der Waals surface area contributed by atoms with Crippen LogP contribution >= 0.6 is 0 Å². The summed E-state index contributed by atoms with van der Waals surface area (Å²) < 4.78 is 32.4. The van der Waals surface area contributed by atoms with Gasteiger partial charge in [-0.1, -0.05) is 154 Å². The van der Waals surface area contributed by atoms with E-state index in [1.807, 2.05) is 0 Å². The Balaban J connectivity index is 4.08. The Morgan fingerprint density at radius 3 is 1.40 bits per heavy atom. The van der Waals surface area contributed by atoms with Gasteiger partial charge in [-0.15, -0.1) is 0 Å². The summed E-state index contributed by atoms with van der Waals surface area (Å²) in [6.45, 7) is 4.47. The summed E-state index contributed by atoms with van der Waals surface area (Å²) >= 11 is 0. The molecule has 0 aromatic carbocycles. The van der Waals surface area contributed by atoms with Gasteiger partial charge in [0.2, 0.25) is 5.91 Å². The molecule has 7 nitrogen and oxygen atoms in total. The van der Waals surface area contributed by atoms with Crippen LogP contribution in [-0.2, 0) is 14.9 Å². The molecule has 256 valence electrons. The normalized spacial score (nSPS) is 14.3. The van der Waals surface area contributed by atoms with Gasteiger partial charge >= 0.3 is 0 Å². The van der Waals surface area contributed by atoms with E-state index < -0.39 is 40.0 Å². The highest BCUT2D eigenvalue weighted by atomic mass is 32.2. The fourth-order valence-electron chi connectivity index (χ4n) is 5.51. The maximum Gasteiger partial charge on any atom is 0.266 e. The molecule has 0 aromatic heterocycles. The van der Waals surface area contributed by atoms with E-state index >= 15 is 0 Å². The van der Waals surface area contributed by atoms with Crippen LogP contribution in [0.3, 0.4) is 0 Å². The second kappa shape index (κ2) is 29.7. The van der Waals surface area contributed by atoms with Crippen LogP contribution in [0.4, 0.5) is 0 Å². The number of carbonyl (C=O) groups is 1.